The van der Waals surface area contributed by atoms with Crippen molar-refractivity contribution in [3.63, 3.8) is 0 Å². The van der Waals surface area contributed by atoms with Gasteiger partial charge in [0.05, 0.1) is 17.2 Å². The van der Waals surface area contributed by atoms with E-state index in [0.717, 1.165) is 37.6 Å². The number of ether oxygens (including phenoxy) is 1. The highest BCUT2D eigenvalue weighted by Crippen LogP contribution is 2.42. The second-order valence-corrected chi connectivity index (χ2v) is 7.90. The summed E-state index contributed by atoms with van der Waals surface area (Å²) in [5.74, 6) is 0. The Hall–Kier alpha value is -1.77. The summed E-state index contributed by atoms with van der Waals surface area (Å²) in [6.45, 7) is 1.51. The summed E-state index contributed by atoms with van der Waals surface area (Å²) in [7, 11) is 1.54. The van der Waals surface area contributed by atoms with Crippen molar-refractivity contribution in [3.8, 4) is 0 Å². The van der Waals surface area contributed by atoms with E-state index in [-0.39, 0.29) is 48.4 Å². The van der Waals surface area contributed by atoms with Crippen LogP contribution in [0.1, 0.15) is 41.5 Å². The molecule has 0 spiro atoms. The van der Waals surface area contributed by atoms with E-state index in [1.807, 2.05) is 30.3 Å². The summed E-state index contributed by atoms with van der Waals surface area (Å²) in [5, 5.41) is 3.30. The molecular formula is C23H26ClF6NO. The van der Waals surface area contributed by atoms with Crippen LogP contribution in [0.3, 0.4) is 0 Å². The summed E-state index contributed by atoms with van der Waals surface area (Å²) in [5.41, 5.74) is -2.00. The molecular weight excluding hydrogens is 456 g/mol. The zero-order valence-electron chi connectivity index (χ0n) is 17.5. The van der Waals surface area contributed by atoms with Crippen molar-refractivity contribution >= 4 is 12.4 Å². The van der Waals surface area contributed by atoms with Gasteiger partial charge in [-0.25, -0.2) is 0 Å². The van der Waals surface area contributed by atoms with Gasteiger partial charge in [-0.3, -0.25) is 0 Å². The Balaban J connectivity index is 0.00000363. The lowest BCUT2D eigenvalue weighted by atomic mass is 9.67. The van der Waals surface area contributed by atoms with E-state index >= 15 is 0 Å². The van der Waals surface area contributed by atoms with Crippen molar-refractivity contribution in [1.82, 2.24) is 5.32 Å². The number of benzene rings is 2. The topological polar surface area (TPSA) is 21.3 Å². The Bertz CT molecular complexity index is 863. The Morgan fingerprint density at radius 2 is 1.56 bits per heavy atom. The molecule has 1 saturated heterocycles. The quantitative estimate of drug-likeness (QED) is 0.481. The first-order valence-corrected chi connectivity index (χ1v) is 10.1. The highest BCUT2D eigenvalue weighted by atomic mass is 35.5. The van der Waals surface area contributed by atoms with Gasteiger partial charge >= 0.3 is 12.4 Å². The molecule has 9 heteroatoms. The van der Waals surface area contributed by atoms with Gasteiger partial charge in [-0.15, -0.1) is 12.4 Å². The Kier molecular flexibility index (Phi) is 8.64. The number of halogens is 7. The normalized spacial score (nSPS) is 17.5. The van der Waals surface area contributed by atoms with E-state index in [0.29, 0.717) is 6.07 Å². The molecule has 2 nitrogen and oxygen atoms in total. The molecule has 1 atom stereocenters. The molecule has 0 radical (unpaired) electrons. The molecule has 0 saturated carbocycles. The van der Waals surface area contributed by atoms with E-state index in [9.17, 15) is 26.3 Å². The van der Waals surface area contributed by atoms with Crippen LogP contribution < -0.4 is 5.32 Å². The Labute approximate surface area is 189 Å². The molecule has 2 aromatic carbocycles. The lowest BCUT2D eigenvalue weighted by Gasteiger charge is -2.44. The Morgan fingerprint density at radius 3 is 2.09 bits per heavy atom. The molecule has 2 aromatic rings. The van der Waals surface area contributed by atoms with Crippen LogP contribution in [0.4, 0.5) is 26.3 Å². The first-order valence-electron chi connectivity index (χ1n) is 10.1. The van der Waals surface area contributed by atoms with Gasteiger partial charge < -0.3 is 10.1 Å². The summed E-state index contributed by atoms with van der Waals surface area (Å²) in [4.78, 5) is 0. The van der Waals surface area contributed by atoms with Gasteiger partial charge in [0.1, 0.15) is 0 Å². The molecule has 1 unspecified atom stereocenters. The minimum atomic E-state index is -4.87. The monoisotopic (exact) mass is 481 g/mol. The summed E-state index contributed by atoms with van der Waals surface area (Å²) in [6.07, 6.45) is -8.33. The lowest BCUT2D eigenvalue weighted by Crippen LogP contribution is -2.48. The van der Waals surface area contributed by atoms with Gasteiger partial charge in [-0.05, 0) is 62.0 Å². The van der Waals surface area contributed by atoms with Crippen LogP contribution in [0.25, 0.3) is 0 Å². The first-order chi connectivity index (χ1) is 14.6. The number of piperidine rings is 1. The molecule has 1 fully saturated rings. The van der Waals surface area contributed by atoms with E-state index in [2.05, 4.69) is 5.32 Å². The van der Waals surface area contributed by atoms with Crippen LogP contribution in [0.5, 0.6) is 0 Å². The number of rotatable bonds is 6. The van der Waals surface area contributed by atoms with Crippen LogP contribution in [-0.2, 0) is 28.9 Å². The van der Waals surface area contributed by atoms with Gasteiger partial charge in [0, 0.05) is 12.5 Å². The molecule has 3 rings (SSSR count). The van der Waals surface area contributed by atoms with Crippen molar-refractivity contribution in [2.75, 3.05) is 20.2 Å². The zero-order chi connectivity index (χ0) is 22.7. The molecule has 178 valence electrons. The second-order valence-electron chi connectivity index (χ2n) is 7.90. The average Bonchev–Trinajstić information content (AvgIpc) is 2.74. The van der Waals surface area contributed by atoms with Crippen LogP contribution >= 0.6 is 12.4 Å². The van der Waals surface area contributed by atoms with Crippen LogP contribution in [0, 0.1) is 0 Å². The van der Waals surface area contributed by atoms with Crippen LogP contribution in [-0.4, -0.2) is 26.3 Å². The minimum absolute atomic E-state index is 0. The first kappa shape index (κ1) is 26.5. The van der Waals surface area contributed by atoms with Crippen molar-refractivity contribution in [1.29, 1.82) is 0 Å². The molecule has 0 bridgehead atoms. The van der Waals surface area contributed by atoms with Crippen molar-refractivity contribution < 1.29 is 31.1 Å². The van der Waals surface area contributed by atoms with E-state index < -0.39 is 23.5 Å². The number of hydrogen-bond donors (Lipinski definition) is 1. The third kappa shape index (κ3) is 5.77. The fourth-order valence-electron chi connectivity index (χ4n) is 4.58. The Morgan fingerprint density at radius 1 is 0.938 bits per heavy atom. The highest BCUT2D eigenvalue weighted by Gasteiger charge is 2.42. The fraction of sp³-hybridized carbons (Fsp3) is 0.478. The van der Waals surface area contributed by atoms with Gasteiger partial charge in [0.25, 0.3) is 0 Å². The standard InChI is InChI=1S/C23H25F6NO.ClH/c1-31-20(21(11-13-30-14-12-21)17-5-3-2-4-6-17)10-8-16-7-9-18(22(24,25)26)15-19(16)23(27,28)29;/h2-7,9,15,20,30H,8,10-14H2,1H3;1H. The summed E-state index contributed by atoms with van der Waals surface area (Å²) >= 11 is 0. The SMILES string of the molecule is COC(CCc1ccc(C(F)(F)F)cc1C(F)(F)F)C1(c2ccccc2)CCNCC1.Cl. The van der Waals surface area contributed by atoms with E-state index in [1.54, 1.807) is 0 Å². The lowest BCUT2D eigenvalue weighted by molar-refractivity contribution is -0.143. The number of hydrogen-bond acceptors (Lipinski definition) is 2. The van der Waals surface area contributed by atoms with Crippen LogP contribution in [0.15, 0.2) is 48.5 Å². The molecule has 0 amide bonds. The summed E-state index contributed by atoms with van der Waals surface area (Å²) in [6, 6.07) is 11.6. The van der Waals surface area contributed by atoms with Gasteiger partial charge in [-0.2, -0.15) is 26.3 Å². The molecule has 0 aromatic heterocycles. The van der Waals surface area contributed by atoms with Gasteiger partial charge in [0.15, 0.2) is 0 Å². The number of methoxy groups -OCH3 is 1. The second kappa shape index (κ2) is 10.4. The number of nitrogens with one attached hydrogen (secondary N) is 1. The predicted octanol–water partition coefficient (Wildman–Crippen LogP) is 6.42. The summed E-state index contributed by atoms with van der Waals surface area (Å²) < 4.78 is 85.1. The molecule has 0 aliphatic carbocycles. The molecule has 1 aliphatic rings. The third-order valence-corrected chi connectivity index (χ3v) is 6.16. The van der Waals surface area contributed by atoms with Crippen molar-refractivity contribution in [2.24, 2.45) is 0 Å². The molecule has 1 N–H and O–H groups in total. The average molecular weight is 482 g/mol. The number of aryl methyl sites for hydroxylation is 1. The largest absolute Gasteiger partial charge is 0.416 e. The van der Waals surface area contributed by atoms with E-state index in [1.165, 1.54) is 7.11 Å². The zero-order valence-corrected chi connectivity index (χ0v) is 18.3. The molecule has 1 heterocycles. The predicted molar refractivity (Wildman–Crippen MR) is 113 cm³/mol. The minimum Gasteiger partial charge on any atom is -0.381 e. The van der Waals surface area contributed by atoms with Gasteiger partial charge in [-0.1, -0.05) is 36.4 Å². The maximum absolute atomic E-state index is 13.5. The maximum atomic E-state index is 13.5. The highest BCUT2D eigenvalue weighted by molar-refractivity contribution is 5.85. The molecule has 32 heavy (non-hydrogen) atoms. The number of alkyl halides is 6. The third-order valence-electron chi connectivity index (χ3n) is 6.16. The fourth-order valence-corrected chi connectivity index (χ4v) is 4.58. The van der Waals surface area contributed by atoms with E-state index in [4.69, 9.17) is 4.74 Å². The van der Waals surface area contributed by atoms with Crippen LogP contribution in [0.2, 0.25) is 0 Å². The van der Waals surface area contributed by atoms with Crippen molar-refractivity contribution in [2.45, 2.75) is 49.6 Å². The van der Waals surface area contributed by atoms with Crippen molar-refractivity contribution in [3.05, 3.63) is 70.8 Å². The molecule has 1 aliphatic heterocycles. The maximum Gasteiger partial charge on any atom is 0.416 e. The smallest absolute Gasteiger partial charge is 0.381 e. The van der Waals surface area contributed by atoms with Gasteiger partial charge in [0.2, 0.25) is 0 Å².